The van der Waals surface area contributed by atoms with E-state index in [0.29, 0.717) is 50.4 Å². The van der Waals surface area contributed by atoms with E-state index in [4.69, 9.17) is 21.1 Å². The van der Waals surface area contributed by atoms with Gasteiger partial charge in [0.25, 0.3) is 5.91 Å². The zero-order valence-corrected chi connectivity index (χ0v) is 19.8. The topological polar surface area (TPSA) is 109 Å². The van der Waals surface area contributed by atoms with Crippen LogP contribution in [0.5, 0.6) is 11.5 Å². The molecule has 5 rings (SSSR count). The van der Waals surface area contributed by atoms with E-state index in [1.54, 1.807) is 59.1 Å². The number of fused-ring (bicyclic) bond motifs is 1. The van der Waals surface area contributed by atoms with Crippen LogP contribution in [-0.4, -0.2) is 49.7 Å². The Kier molecular flexibility index (Phi) is 5.79. The molecule has 10 nitrogen and oxygen atoms in total. The number of hydrogen-bond acceptors (Lipinski definition) is 7. The summed E-state index contributed by atoms with van der Waals surface area (Å²) >= 11 is 6.16. The summed E-state index contributed by atoms with van der Waals surface area (Å²) in [4.78, 5) is 22.0. The smallest absolute Gasteiger partial charge is 0.260 e. The van der Waals surface area contributed by atoms with Gasteiger partial charge in [0.2, 0.25) is 0 Å². The average Bonchev–Trinajstić information content (AvgIpc) is 3.46. The fourth-order valence-corrected chi connectivity index (χ4v) is 3.90. The summed E-state index contributed by atoms with van der Waals surface area (Å²) in [6.45, 7) is 1.83. The monoisotopic (exact) mass is 489 g/mol. The molecule has 1 amide bonds. The fraction of sp³-hybridized carbons (Fsp3) is 0.125. The number of methoxy groups -OCH3 is 2. The first-order valence-electron chi connectivity index (χ1n) is 10.5. The second-order valence-electron chi connectivity index (χ2n) is 7.57. The summed E-state index contributed by atoms with van der Waals surface area (Å²) < 4.78 is 13.8. The van der Waals surface area contributed by atoms with E-state index >= 15 is 0 Å². The number of aryl methyl sites for hydroxylation is 1. The normalized spacial score (nSPS) is 11.0. The van der Waals surface area contributed by atoms with E-state index in [2.05, 4.69) is 25.5 Å². The van der Waals surface area contributed by atoms with Crippen LogP contribution < -0.4 is 14.8 Å². The second-order valence-corrected chi connectivity index (χ2v) is 8.01. The molecule has 3 heterocycles. The van der Waals surface area contributed by atoms with Crippen molar-refractivity contribution in [2.24, 2.45) is 0 Å². The molecule has 0 saturated heterocycles. The molecule has 35 heavy (non-hydrogen) atoms. The molecule has 0 aliphatic heterocycles. The summed E-state index contributed by atoms with van der Waals surface area (Å²) in [5.41, 5.74) is 2.37. The standard InChI is InChI=1S/C24H20ClN7O3/c1-14-9-21(29-24(33)18-8-7-17(34-2)11-20(18)35-3)32(30-14)23-19-12-28-31(22(19)26-13-27-23)16-6-4-5-15(25)10-16/h4-13H,1-3H3,(H,29,33). The highest BCUT2D eigenvalue weighted by Gasteiger charge is 2.20. The third kappa shape index (κ3) is 4.15. The van der Waals surface area contributed by atoms with E-state index in [-0.39, 0.29) is 5.91 Å². The molecule has 0 aliphatic rings. The maximum absolute atomic E-state index is 13.1. The zero-order chi connectivity index (χ0) is 24.5. The first kappa shape index (κ1) is 22.4. The van der Waals surface area contributed by atoms with Gasteiger partial charge >= 0.3 is 0 Å². The molecule has 2 aromatic carbocycles. The lowest BCUT2D eigenvalue weighted by atomic mass is 10.1. The molecule has 0 atom stereocenters. The number of carbonyl (C=O) groups excluding carboxylic acids is 1. The van der Waals surface area contributed by atoms with Crippen LogP contribution in [0.4, 0.5) is 5.82 Å². The summed E-state index contributed by atoms with van der Waals surface area (Å²) in [7, 11) is 3.04. The average molecular weight is 490 g/mol. The predicted octanol–water partition coefficient (Wildman–Crippen LogP) is 4.23. The SMILES string of the molecule is COc1ccc(C(=O)Nc2cc(C)nn2-c2ncnc3c2cnn3-c2cccc(Cl)c2)c(OC)c1. The van der Waals surface area contributed by atoms with Crippen molar-refractivity contribution < 1.29 is 14.3 Å². The number of ether oxygens (including phenoxy) is 2. The van der Waals surface area contributed by atoms with Gasteiger partial charge in [-0.25, -0.2) is 14.6 Å². The van der Waals surface area contributed by atoms with Gasteiger partial charge in [0, 0.05) is 17.2 Å². The number of amides is 1. The van der Waals surface area contributed by atoms with Crippen molar-refractivity contribution in [1.82, 2.24) is 29.5 Å². The third-order valence-electron chi connectivity index (χ3n) is 5.32. The molecule has 0 fully saturated rings. The quantitative estimate of drug-likeness (QED) is 0.380. The van der Waals surface area contributed by atoms with Crippen LogP contribution in [0.3, 0.4) is 0 Å². The van der Waals surface area contributed by atoms with Gasteiger partial charge in [-0.05, 0) is 37.3 Å². The highest BCUT2D eigenvalue weighted by atomic mass is 35.5. The Bertz CT molecular complexity index is 1560. The van der Waals surface area contributed by atoms with Gasteiger partial charge in [-0.2, -0.15) is 14.9 Å². The minimum Gasteiger partial charge on any atom is -0.497 e. The Hall–Kier alpha value is -4.44. The van der Waals surface area contributed by atoms with Crippen LogP contribution in [0.15, 0.2) is 61.1 Å². The third-order valence-corrected chi connectivity index (χ3v) is 5.56. The number of aromatic nitrogens is 6. The van der Waals surface area contributed by atoms with Crippen LogP contribution in [0.2, 0.25) is 5.02 Å². The number of hydrogen-bond donors (Lipinski definition) is 1. The van der Waals surface area contributed by atoms with Crippen molar-refractivity contribution in [3.63, 3.8) is 0 Å². The van der Waals surface area contributed by atoms with Crippen LogP contribution in [-0.2, 0) is 0 Å². The number of benzene rings is 2. The molecule has 5 aromatic rings. The van der Waals surface area contributed by atoms with E-state index < -0.39 is 0 Å². The Morgan fingerprint density at radius 2 is 1.89 bits per heavy atom. The summed E-state index contributed by atoms with van der Waals surface area (Å²) in [5, 5.41) is 13.2. The minimum atomic E-state index is -0.370. The first-order valence-corrected chi connectivity index (χ1v) is 10.9. The fourth-order valence-electron chi connectivity index (χ4n) is 3.72. The molecule has 0 radical (unpaired) electrons. The maximum Gasteiger partial charge on any atom is 0.260 e. The minimum absolute atomic E-state index is 0.348. The number of anilines is 1. The Morgan fingerprint density at radius 1 is 1.03 bits per heavy atom. The molecular formula is C24H20ClN7O3. The van der Waals surface area contributed by atoms with Crippen LogP contribution >= 0.6 is 11.6 Å². The van der Waals surface area contributed by atoms with E-state index in [1.165, 1.54) is 13.4 Å². The van der Waals surface area contributed by atoms with Gasteiger partial charge in [-0.3, -0.25) is 4.79 Å². The Balaban J connectivity index is 1.55. The lowest BCUT2D eigenvalue weighted by molar-refractivity contribution is 0.102. The van der Waals surface area contributed by atoms with Crippen molar-refractivity contribution in [1.29, 1.82) is 0 Å². The van der Waals surface area contributed by atoms with Gasteiger partial charge in [0.1, 0.15) is 23.6 Å². The molecule has 0 saturated carbocycles. The first-order chi connectivity index (χ1) is 17.0. The van der Waals surface area contributed by atoms with Gasteiger partial charge in [0.05, 0.1) is 42.7 Å². The zero-order valence-electron chi connectivity index (χ0n) is 19.1. The van der Waals surface area contributed by atoms with E-state index in [1.807, 2.05) is 19.1 Å². The number of halogens is 1. The lowest BCUT2D eigenvalue weighted by Gasteiger charge is -2.12. The Morgan fingerprint density at radius 3 is 2.66 bits per heavy atom. The summed E-state index contributed by atoms with van der Waals surface area (Å²) in [5.74, 6) is 1.50. The largest absolute Gasteiger partial charge is 0.497 e. The highest BCUT2D eigenvalue weighted by Crippen LogP contribution is 2.28. The molecule has 11 heteroatoms. The van der Waals surface area contributed by atoms with Gasteiger partial charge in [0.15, 0.2) is 11.5 Å². The number of rotatable bonds is 6. The summed E-state index contributed by atoms with van der Waals surface area (Å²) in [6, 6.07) is 14.0. The van der Waals surface area contributed by atoms with E-state index in [9.17, 15) is 4.79 Å². The molecular weight excluding hydrogens is 470 g/mol. The van der Waals surface area contributed by atoms with Gasteiger partial charge in [-0.15, -0.1) is 0 Å². The van der Waals surface area contributed by atoms with Gasteiger partial charge < -0.3 is 14.8 Å². The second kappa shape index (κ2) is 9.07. The molecule has 0 aliphatic carbocycles. The number of nitrogens with zero attached hydrogens (tertiary/aromatic N) is 6. The molecule has 176 valence electrons. The van der Waals surface area contributed by atoms with Crippen LogP contribution in [0.1, 0.15) is 16.1 Å². The van der Waals surface area contributed by atoms with Gasteiger partial charge in [-0.1, -0.05) is 17.7 Å². The Labute approximate surface area is 205 Å². The lowest BCUT2D eigenvalue weighted by Crippen LogP contribution is -2.16. The van der Waals surface area contributed by atoms with Crippen molar-refractivity contribution in [2.45, 2.75) is 6.92 Å². The molecule has 1 N–H and O–H groups in total. The molecule has 0 unspecified atom stereocenters. The predicted molar refractivity (Wildman–Crippen MR) is 131 cm³/mol. The number of carbonyl (C=O) groups is 1. The summed E-state index contributed by atoms with van der Waals surface area (Å²) in [6.07, 6.45) is 3.08. The molecule has 0 spiro atoms. The number of nitrogens with one attached hydrogen (secondary N) is 1. The van der Waals surface area contributed by atoms with Crippen LogP contribution in [0, 0.1) is 6.92 Å². The molecule has 0 bridgehead atoms. The van der Waals surface area contributed by atoms with Crippen molar-refractivity contribution >= 4 is 34.4 Å². The van der Waals surface area contributed by atoms with E-state index in [0.717, 1.165) is 5.69 Å². The highest BCUT2D eigenvalue weighted by molar-refractivity contribution is 6.30. The van der Waals surface area contributed by atoms with Crippen molar-refractivity contribution in [2.75, 3.05) is 19.5 Å². The van der Waals surface area contributed by atoms with Crippen molar-refractivity contribution in [3.05, 3.63) is 77.3 Å². The molecule has 3 aromatic heterocycles. The van der Waals surface area contributed by atoms with Crippen molar-refractivity contribution in [3.8, 4) is 23.0 Å². The maximum atomic E-state index is 13.1. The van der Waals surface area contributed by atoms with Crippen LogP contribution in [0.25, 0.3) is 22.5 Å².